The summed E-state index contributed by atoms with van der Waals surface area (Å²) in [6.07, 6.45) is 0. The van der Waals surface area contributed by atoms with Crippen molar-refractivity contribution in [1.82, 2.24) is 0 Å². The second kappa shape index (κ2) is 5.71. The fourth-order valence-corrected chi connectivity index (χ4v) is 2.88. The maximum absolute atomic E-state index is 13.1. The van der Waals surface area contributed by atoms with Crippen LogP contribution in [0, 0.1) is 17.0 Å². The Kier molecular flexibility index (Phi) is 4.21. The minimum Gasteiger partial charge on any atom is -0.384 e. The molecule has 19 heavy (non-hydrogen) atoms. The van der Waals surface area contributed by atoms with E-state index < -0.39 is 11.6 Å². The normalized spacial score (nSPS) is 10.5. The Bertz CT molecular complexity index is 647. The van der Waals surface area contributed by atoms with Gasteiger partial charge in [0.05, 0.1) is 0 Å². The first-order valence-electron chi connectivity index (χ1n) is 5.24. The van der Waals surface area contributed by atoms with Gasteiger partial charge < -0.3 is 5.73 Å². The van der Waals surface area contributed by atoms with Gasteiger partial charge in [-0.3, -0.25) is 5.41 Å². The molecule has 98 valence electrons. The summed E-state index contributed by atoms with van der Waals surface area (Å²) in [7, 11) is 0. The lowest BCUT2D eigenvalue weighted by molar-refractivity contribution is 0.506. The first kappa shape index (κ1) is 14.0. The molecule has 0 saturated carbocycles. The fraction of sp³-hybridized carbons (Fsp3) is 0. The molecule has 0 saturated heterocycles. The summed E-state index contributed by atoms with van der Waals surface area (Å²) >= 11 is 4.66. The topological polar surface area (TPSA) is 49.9 Å². The summed E-state index contributed by atoms with van der Waals surface area (Å²) < 4.78 is 26.7. The molecule has 0 aromatic heterocycles. The lowest BCUT2D eigenvalue weighted by Gasteiger charge is -2.07. The Hall–Kier alpha value is -1.40. The van der Waals surface area contributed by atoms with Crippen LogP contribution in [0.2, 0.25) is 0 Å². The Morgan fingerprint density at radius 1 is 1.11 bits per heavy atom. The third-order valence-corrected chi connectivity index (χ3v) is 4.35. The van der Waals surface area contributed by atoms with Crippen molar-refractivity contribution in [2.24, 2.45) is 5.73 Å². The molecular weight excluding hydrogens is 334 g/mol. The van der Waals surface area contributed by atoms with E-state index in [0.29, 0.717) is 10.5 Å². The van der Waals surface area contributed by atoms with Crippen LogP contribution in [0.25, 0.3) is 0 Å². The Labute approximate surface area is 121 Å². The highest BCUT2D eigenvalue weighted by atomic mass is 79.9. The number of benzene rings is 2. The number of amidine groups is 1. The molecule has 0 atom stereocenters. The molecule has 2 aromatic rings. The van der Waals surface area contributed by atoms with Crippen molar-refractivity contribution in [2.75, 3.05) is 0 Å². The van der Waals surface area contributed by atoms with Gasteiger partial charge in [0.2, 0.25) is 0 Å². The average Bonchev–Trinajstić information content (AvgIpc) is 2.36. The highest BCUT2D eigenvalue weighted by Crippen LogP contribution is 2.34. The SMILES string of the molecule is N=C(N)c1ccc(Sc2ccc(F)c(F)c2)c(Br)c1. The third-order valence-electron chi connectivity index (χ3n) is 2.36. The van der Waals surface area contributed by atoms with Crippen LogP contribution in [0.3, 0.4) is 0 Å². The molecule has 0 heterocycles. The lowest BCUT2D eigenvalue weighted by atomic mass is 10.2. The maximum atomic E-state index is 13.1. The minimum atomic E-state index is -0.874. The molecule has 0 spiro atoms. The van der Waals surface area contributed by atoms with Gasteiger partial charge in [-0.05, 0) is 46.3 Å². The highest BCUT2D eigenvalue weighted by molar-refractivity contribution is 9.10. The van der Waals surface area contributed by atoms with E-state index in [2.05, 4.69) is 15.9 Å². The summed E-state index contributed by atoms with van der Waals surface area (Å²) in [5.41, 5.74) is 5.98. The van der Waals surface area contributed by atoms with Gasteiger partial charge in [-0.25, -0.2) is 8.78 Å². The summed E-state index contributed by atoms with van der Waals surface area (Å²) in [6.45, 7) is 0. The van der Waals surface area contributed by atoms with Gasteiger partial charge in [0.1, 0.15) is 5.84 Å². The number of nitrogens with two attached hydrogens (primary N) is 1. The fourth-order valence-electron chi connectivity index (χ4n) is 1.42. The largest absolute Gasteiger partial charge is 0.384 e. The van der Waals surface area contributed by atoms with Gasteiger partial charge in [0, 0.05) is 19.8 Å². The molecule has 0 aliphatic carbocycles. The zero-order chi connectivity index (χ0) is 14.0. The molecule has 2 rings (SSSR count). The number of halogens is 3. The van der Waals surface area contributed by atoms with E-state index in [9.17, 15) is 8.78 Å². The van der Waals surface area contributed by atoms with Crippen LogP contribution in [0.5, 0.6) is 0 Å². The van der Waals surface area contributed by atoms with Gasteiger partial charge >= 0.3 is 0 Å². The van der Waals surface area contributed by atoms with Crippen LogP contribution < -0.4 is 5.73 Å². The van der Waals surface area contributed by atoms with Crippen molar-refractivity contribution < 1.29 is 8.78 Å². The van der Waals surface area contributed by atoms with Crippen molar-refractivity contribution in [3.63, 3.8) is 0 Å². The van der Waals surface area contributed by atoms with E-state index in [1.54, 1.807) is 18.2 Å². The summed E-state index contributed by atoms with van der Waals surface area (Å²) in [4.78, 5) is 1.42. The smallest absolute Gasteiger partial charge is 0.159 e. The molecular formula is C13H9BrF2N2S. The van der Waals surface area contributed by atoms with E-state index in [1.807, 2.05) is 0 Å². The van der Waals surface area contributed by atoms with Gasteiger partial charge in [0.25, 0.3) is 0 Å². The van der Waals surface area contributed by atoms with Gasteiger partial charge in [0.15, 0.2) is 11.6 Å². The standard InChI is InChI=1S/C13H9BrF2N2S/c14-9-5-7(13(17)18)1-4-12(9)19-8-2-3-10(15)11(16)6-8/h1-6H,(H3,17,18). The Balaban J connectivity index is 2.28. The van der Waals surface area contributed by atoms with E-state index >= 15 is 0 Å². The van der Waals surface area contributed by atoms with Gasteiger partial charge in [-0.2, -0.15) is 0 Å². The van der Waals surface area contributed by atoms with E-state index in [1.165, 1.54) is 17.8 Å². The minimum absolute atomic E-state index is 0.0231. The van der Waals surface area contributed by atoms with Gasteiger partial charge in [-0.15, -0.1) is 0 Å². The molecule has 3 N–H and O–H groups in total. The van der Waals surface area contributed by atoms with Crippen LogP contribution in [0.15, 0.2) is 50.7 Å². The molecule has 0 fully saturated rings. The second-order valence-electron chi connectivity index (χ2n) is 3.74. The lowest BCUT2D eigenvalue weighted by Crippen LogP contribution is -2.10. The van der Waals surface area contributed by atoms with Crippen molar-refractivity contribution in [3.8, 4) is 0 Å². The molecule has 0 bridgehead atoms. The van der Waals surface area contributed by atoms with Gasteiger partial charge in [-0.1, -0.05) is 17.8 Å². The van der Waals surface area contributed by atoms with Crippen molar-refractivity contribution >= 4 is 33.5 Å². The monoisotopic (exact) mass is 342 g/mol. The summed E-state index contributed by atoms with van der Waals surface area (Å²) in [6, 6.07) is 8.93. The predicted octanol–water partition coefficient (Wildman–Crippen LogP) is 4.16. The molecule has 0 unspecified atom stereocenters. The Morgan fingerprint density at radius 3 is 2.42 bits per heavy atom. The van der Waals surface area contributed by atoms with Crippen LogP contribution in [-0.2, 0) is 0 Å². The number of rotatable bonds is 3. The van der Waals surface area contributed by atoms with Crippen molar-refractivity contribution in [2.45, 2.75) is 9.79 Å². The molecule has 0 aliphatic rings. The first-order chi connectivity index (χ1) is 8.97. The number of hydrogen-bond donors (Lipinski definition) is 2. The summed E-state index contributed by atoms with van der Waals surface area (Å²) in [5, 5.41) is 7.33. The van der Waals surface area contributed by atoms with Crippen molar-refractivity contribution in [3.05, 3.63) is 58.1 Å². The third kappa shape index (κ3) is 3.33. The van der Waals surface area contributed by atoms with Crippen LogP contribution in [0.1, 0.15) is 5.56 Å². The molecule has 0 radical (unpaired) electrons. The van der Waals surface area contributed by atoms with E-state index in [0.717, 1.165) is 21.5 Å². The quantitative estimate of drug-likeness (QED) is 0.649. The van der Waals surface area contributed by atoms with E-state index in [4.69, 9.17) is 11.1 Å². The Morgan fingerprint density at radius 2 is 1.84 bits per heavy atom. The van der Waals surface area contributed by atoms with E-state index in [-0.39, 0.29) is 5.84 Å². The van der Waals surface area contributed by atoms with Crippen LogP contribution in [0.4, 0.5) is 8.78 Å². The average molecular weight is 343 g/mol. The molecule has 0 amide bonds. The predicted molar refractivity (Wildman–Crippen MR) is 75.6 cm³/mol. The van der Waals surface area contributed by atoms with Crippen LogP contribution in [-0.4, -0.2) is 5.84 Å². The zero-order valence-electron chi connectivity index (χ0n) is 9.58. The number of hydrogen-bond acceptors (Lipinski definition) is 2. The second-order valence-corrected chi connectivity index (χ2v) is 5.71. The molecule has 2 aromatic carbocycles. The molecule has 0 aliphatic heterocycles. The number of nitrogen functional groups attached to an aromatic ring is 1. The molecule has 6 heteroatoms. The molecule has 2 nitrogen and oxygen atoms in total. The zero-order valence-corrected chi connectivity index (χ0v) is 12.0. The van der Waals surface area contributed by atoms with Crippen molar-refractivity contribution in [1.29, 1.82) is 5.41 Å². The number of nitrogens with one attached hydrogen (secondary N) is 1. The summed E-state index contributed by atoms with van der Waals surface area (Å²) in [5.74, 6) is -1.76. The highest BCUT2D eigenvalue weighted by Gasteiger charge is 2.08. The maximum Gasteiger partial charge on any atom is 0.159 e. The van der Waals surface area contributed by atoms with Crippen LogP contribution >= 0.6 is 27.7 Å². The first-order valence-corrected chi connectivity index (χ1v) is 6.85.